The number of fused-ring (bicyclic) bond motifs is 1. The van der Waals surface area contributed by atoms with Crippen molar-refractivity contribution in [3.05, 3.63) is 59.7 Å². The zero-order valence-electron chi connectivity index (χ0n) is 14.0. The summed E-state index contributed by atoms with van der Waals surface area (Å²) in [4.78, 5) is 6.98. The maximum atomic E-state index is 6.18. The number of nitrogens with one attached hydrogen (secondary N) is 1. The minimum atomic E-state index is 0.193. The smallest absolute Gasteiger partial charge is 0.135 e. The van der Waals surface area contributed by atoms with Crippen LogP contribution in [0.15, 0.2) is 59.6 Å². The van der Waals surface area contributed by atoms with E-state index in [1.165, 1.54) is 0 Å². The van der Waals surface area contributed by atoms with Crippen LogP contribution < -0.4 is 5.32 Å². The molecule has 1 aromatic rings. The summed E-state index contributed by atoms with van der Waals surface area (Å²) < 4.78 is 0. The number of aliphatic imine (C=N–C) groups is 1. The Morgan fingerprint density at radius 2 is 2.13 bits per heavy atom. The molecule has 0 saturated carbocycles. The minimum Gasteiger partial charge on any atom is -0.377 e. The molecule has 23 heavy (non-hydrogen) atoms. The number of anilines is 1. The summed E-state index contributed by atoms with van der Waals surface area (Å²) in [5.74, 6) is 0.858. The molecule has 0 fully saturated rings. The molecule has 0 saturated heterocycles. The highest BCUT2D eigenvalue weighted by Crippen LogP contribution is 2.30. The Kier molecular flexibility index (Phi) is 6.05. The van der Waals surface area contributed by atoms with E-state index in [9.17, 15) is 0 Å². The second kappa shape index (κ2) is 8.02. The maximum absolute atomic E-state index is 6.18. The fourth-order valence-corrected chi connectivity index (χ4v) is 2.61. The number of likely N-dealkylation sites (N-methyl/N-ethyl adjacent to an activating group) is 1. The van der Waals surface area contributed by atoms with Gasteiger partial charge >= 0.3 is 0 Å². The number of halogens is 1. The molecule has 122 valence electrons. The van der Waals surface area contributed by atoms with E-state index in [1.54, 1.807) is 0 Å². The molecule has 1 aliphatic heterocycles. The van der Waals surface area contributed by atoms with Gasteiger partial charge in [-0.15, -0.1) is 0 Å². The highest BCUT2D eigenvalue weighted by Gasteiger charge is 2.12. The van der Waals surface area contributed by atoms with Gasteiger partial charge in [-0.05, 0) is 31.5 Å². The van der Waals surface area contributed by atoms with Crippen LogP contribution in [0.4, 0.5) is 11.4 Å². The third-order valence-corrected chi connectivity index (χ3v) is 3.82. The van der Waals surface area contributed by atoms with E-state index >= 15 is 0 Å². The van der Waals surface area contributed by atoms with Crippen LogP contribution in [0.3, 0.4) is 0 Å². The Bertz CT molecular complexity index is 659. The van der Waals surface area contributed by atoms with Crippen LogP contribution in [0.1, 0.15) is 20.3 Å². The van der Waals surface area contributed by atoms with Crippen molar-refractivity contribution in [3.63, 3.8) is 0 Å². The van der Waals surface area contributed by atoms with Gasteiger partial charge < -0.3 is 10.2 Å². The lowest BCUT2D eigenvalue weighted by molar-refractivity contribution is 0.502. The van der Waals surface area contributed by atoms with Crippen LogP contribution in [0.5, 0.6) is 0 Å². The first-order chi connectivity index (χ1) is 11.0. The topological polar surface area (TPSA) is 27.6 Å². The number of amidine groups is 1. The van der Waals surface area contributed by atoms with Gasteiger partial charge in [0.15, 0.2) is 0 Å². The Labute approximate surface area is 144 Å². The van der Waals surface area contributed by atoms with Gasteiger partial charge in [-0.3, -0.25) is 0 Å². The molecule has 1 aliphatic rings. The van der Waals surface area contributed by atoms with Crippen LogP contribution >= 0.6 is 11.6 Å². The van der Waals surface area contributed by atoms with E-state index in [4.69, 9.17) is 16.6 Å². The van der Waals surface area contributed by atoms with Crippen LogP contribution in [-0.2, 0) is 0 Å². The summed E-state index contributed by atoms with van der Waals surface area (Å²) in [6.45, 7) is 9.34. The highest BCUT2D eigenvalue weighted by atomic mass is 35.5. The molecule has 0 radical (unpaired) electrons. The van der Waals surface area contributed by atoms with E-state index in [1.807, 2.05) is 43.5 Å². The first kappa shape index (κ1) is 17.4. The molecule has 1 aromatic carbocycles. The predicted molar refractivity (Wildman–Crippen MR) is 102 cm³/mol. The fourth-order valence-electron chi connectivity index (χ4n) is 2.45. The Morgan fingerprint density at radius 1 is 1.35 bits per heavy atom. The van der Waals surface area contributed by atoms with Crippen LogP contribution in [-0.4, -0.2) is 30.4 Å². The van der Waals surface area contributed by atoms with E-state index in [0.29, 0.717) is 5.02 Å². The predicted octanol–water partition coefficient (Wildman–Crippen LogP) is 5.19. The monoisotopic (exact) mass is 329 g/mol. The molecule has 0 aromatic heterocycles. The Hall–Kier alpha value is -2.00. The molecule has 3 nitrogen and oxygen atoms in total. The SMILES string of the molecule is C=C1/C=C\C=C/C(C)Nc2ccc(Cl)cc2N=C1N(C)CCC. The molecular formula is C19H24ClN3. The first-order valence-corrected chi connectivity index (χ1v) is 8.29. The summed E-state index contributed by atoms with van der Waals surface area (Å²) in [6, 6.07) is 5.92. The normalized spacial score (nSPS) is 20.6. The van der Waals surface area contributed by atoms with Crippen LogP contribution in [0.25, 0.3) is 0 Å². The van der Waals surface area contributed by atoms with Crippen LogP contribution in [0.2, 0.25) is 5.02 Å². The zero-order valence-corrected chi connectivity index (χ0v) is 14.8. The summed E-state index contributed by atoms with van der Waals surface area (Å²) in [7, 11) is 2.04. The van der Waals surface area contributed by atoms with E-state index in [0.717, 1.165) is 35.7 Å². The van der Waals surface area contributed by atoms with Gasteiger partial charge in [0.1, 0.15) is 5.84 Å². The van der Waals surface area contributed by atoms with E-state index < -0.39 is 0 Å². The molecule has 0 aliphatic carbocycles. The van der Waals surface area contributed by atoms with Gasteiger partial charge in [0.25, 0.3) is 0 Å². The van der Waals surface area contributed by atoms with Crippen molar-refractivity contribution in [2.24, 2.45) is 4.99 Å². The quantitative estimate of drug-likeness (QED) is 0.808. The summed E-state index contributed by atoms with van der Waals surface area (Å²) in [5, 5.41) is 4.13. The standard InChI is InChI=1S/C19H24ClN3/c1-5-12-23(4)19-14(2)8-6-7-9-15(3)21-17-11-10-16(20)13-18(17)22-19/h6-11,13,15,21H,2,5,12H2,1,3-4H3/b8-6-,9-7-,22-19?. The van der Waals surface area contributed by atoms with Gasteiger partial charge in [-0.1, -0.05) is 49.4 Å². The number of benzene rings is 1. The third kappa shape index (κ3) is 4.73. The van der Waals surface area contributed by atoms with Crippen molar-refractivity contribution >= 4 is 28.8 Å². The molecule has 1 unspecified atom stereocenters. The van der Waals surface area contributed by atoms with Gasteiger partial charge in [-0.2, -0.15) is 0 Å². The van der Waals surface area contributed by atoms with Crippen LogP contribution in [0, 0.1) is 0 Å². The largest absolute Gasteiger partial charge is 0.377 e. The fraction of sp³-hybridized carbons (Fsp3) is 0.316. The van der Waals surface area contributed by atoms with E-state index in [2.05, 4.69) is 36.7 Å². The minimum absolute atomic E-state index is 0.193. The van der Waals surface area contributed by atoms with Crippen molar-refractivity contribution in [3.8, 4) is 0 Å². The van der Waals surface area contributed by atoms with Gasteiger partial charge in [-0.25, -0.2) is 4.99 Å². The molecule has 0 spiro atoms. The maximum Gasteiger partial charge on any atom is 0.135 e. The second-order valence-corrected chi connectivity index (χ2v) is 6.16. The van der Waals surface area contributed by atoms with Crippen molar-refractivity contribution in [2.45, 2.75) is 26.3 Å². The van der Waals surface area contributed by atoms with Gasteiger partial charge in [0.05, 0.1) is 11.4 Å². The summed E-state index contributed by atoms with van der Waals surface area (Å²) in [6.07, 6.45) is 9.16. The lowest BCUT2D eigenvalue weighted by atomic mass is 10.2. The van der Waals surface area contributed by atoms with Crippen molar-refractivity contribution in [2.75, 3.05) is 18.9 Å². The molecule has 4 heteroatoms. The molecule has 1 atom stereocenters. The Balaban J connectivity index is 2.56. The summed E-state index contributed by atoms with van der Waals surface area (Å²) in [5.41, 5.74) is 2.67. The number of rotatable bonds is 2. The average Bonchev–Trinajstić information content (AvgIpc) is 2.53. The Morgan fingerprint density at radius 3 is 2.87 bits per heavy atom. The lowest BCUT2D eigenvalue weighted by Crippen LogP contribution is -2.28. The highest BCUT2D eigenvalue weighted by molar-refractivity contribution is 6.31. The average molecular weight is 330 g/mol. The molecule has 1 heterocycles. The lowest BCUT2D eigenvalue weighted by Gasteiger charge is -2.22. The van der Waals surface area contributed by atoms with Crippen molar-refractivity contribution in [1.29, 1.82) is 0 Å². The number of allylic oxidation sites excluding steroid dienone is 2. The number of hydrogen-bond acceptors (Lipinski definition) is 3. The second-order valence-electron chi connectivity index (χ2n) is 5.72. The molecule has 0 amide bonds. The summed E-state index contributed by atoms with van der Waals surface area (Å²) >= 11 is 6.18. The molecule has 2 rings (SSSR count). The van der Waals surface area contributed by atoms with Crippen molar-refractivity contribution in [1.82, 2.24) is 4.90 Å². The zero-order chi connectivity index (χ0) is 16.8. The number of hydrogen-bond donors (Lipinski definition) is 1. The number of nitrogens with zero attached hydrogens (tertiary/aromatic N) is 2. The molecular weight excluding hydrogens is 306 g/mol. The third-order valence-electron chi connectivity index (χ3n) is 3.59. The molecule has 1 N–H and O–H groups in total. The first-order valence-electron chi connectivity index (χ1n) is 7.91. The molecule has 0 bridgehead atoms. The van der Waals surface area contributed by atoms with Crippen molar-refractivity contribution < 1.29 is 0 Å². The van der Waals surface area contributed by atoms with Gasteiger partial charge in [0, 0.05) is 30.2 Å². The van der Waals surface area contributed by atoms with E-state index in [-0.39, 0.29) is 6.04 Å². The van der Waals surface area contributed by atoms with Gasteiger partial charge in [0.2, 0.25) is 0 Å².